The number of fused-ring (bicyclic) bond motifs is 1. The molecule has 4 rings (SSSR count). The topological polar surface area (TPSA) is 56.9 Å². The van der Waals surface area contributed by atoms with Crippen LogP contribution in [0.15, 0.2) is 72.8 Å². The molecule has 0 unspecified atom stereocenters. The number of hydrogen-bond acceptors (Lipinski definition) is 1. The number of H-pyrrole nitrogens is 1. The van der Waals surface area contributed by atoms with E-state index in [0.29, 0.717) is 5.69 Å². The van der Waals surface area contributed by atoms with Gasteiger partial charge in [0.05, 0.1) is 16.9 Å². The van der Waals surface area contributed by atoms with Gasteiger partial charge in [-0.3, -0.25) is 0 Å². The Morgan fingerprint density at radius 3 is 2.39 bits per heavy atom. The quantitative estimate of drug-likeness (QED) is 0.323. The van der Waals surface area contributed by atoms with Gasteiger partial charge in [0.1, 0.15) is 0 Å². The van der Waals surface area contributed by atoms with Gasteiger partial charge in [-0.2, -0.15) is 13.2 Å². The van der Waals surface area contributed by atoms with Crippen LogP contribution < -0.4 is 10.6 Å². The number of aromatic nitrogens is 1. The van der Waals surface area contributed by atoms with Gasteiger partial charge in [0, 0.05) is 22.2 Å². The number of hydrogen-bond donors (Lipinski definition) is 3. The molecule has 7 heteroatoms. The first-order valence-corrected chi connectivity index (χ1v) is 9.80. The zero-order valence-corrected chi connectivity index (χ0v) is 16.7. The van der Waals surface area contributed by atoms with Crippen LogP contribution in [0.4, 0.5) is 29.3 Å². The molecule has 0 aliphatic carbocycles. The zero-order chi connectivity index (χ0) is 22.0. The number of para-hydroxylation sites is 1. The Balaban J connectivity index is 1.65. The summed E-state index contributed by atoms with van der Waals surface area (Å²) in [5, 5.41) is 6.10. The molecule has 31 heavy (non-hydrogen) atoms. The molecule has 3 N–H and O–H groups in total. The maximum absolute atomic E-state index is 12.9. The molecule has 1 heterocycles. The maximum atomic E-state index is 12.9. The molecule has 0 aliphatic heterocycles. The van der Waals surface area contributed by atoms with Crippen LogP contribution in [0.2, 0.25) is 0 Å². The summed E-state index contributed by atoms with van der Waals surface area (Å²) >= 11 is 0. The van der Waals surface area contributed by atoms with Crippen molar-refractivity contribution < 1.29 is 18.0 Å². The Bertz CT molecular complexity index is 1230. The summed E-state index contributed by atoms with van der Waals surface area (Å²) in [6.07, 6.45) is -3.57. The average Bonchev–Trinajstić information content (AvgIpc) is 3.12. The van der Waals surface area contributed by atoms with E-state index in [9.17, 15) is 18.0 Å². The highest BCUT2D eigenvalue weighted by Crippen LogP contribution is 2.35. The van der Waals surface area contributed by atoms with Gasteiger partial charge in [-0.15, -0.1) is 0 Å². The lowest BCUT2D eigenvalue weighted by atomic mass is 10.1. The molecule has 4 nitrogen and oxygen atoms in total. The van der Waals surface area contributed by atoms with Crippen molar-refractivity contribution in [1.82, 2.24) is 4.98 Å². The van der Waals surface area contributed by atoms with E-state index in [1.165, 1.54) is 17.7 Å². The number of rotatable bonds is 4. The number of carbonyl (C=O) groups is 1. The Morgan fingerprint density at radius 1 is 0.935 bits per heavy atom. The Morgan fingerprint density at radius 2 is 1.68 bits per heavy atom. The van der Waals surface area contributed by atoms with Gasteiger partial charge in [-0.05, 0) is 36.2 Å². The maximum Gasteiger partial charge on any atom is 0.416 e. The highest BCUT2D eigenvalue weighted by atomic mass is 19.4. The number of amides is 2. The molecule has 0 fully saturated rings. The van der Waals surface area contributed by atoms with Gasteiger partial charge in [0.15, 0.2) is 0 Å². The number of carbonyl (C=O) groups excluding carboxylic acids is 1. The Hall–Kier alpha value is -3.74. The zero-order valence-electron chi connectivity index (χ0n) is 16.7. The molecule has 0 radical (unpaired) electrons. The predicted octanol–water partition coefficient (Wildman–Crippen LogP) is 7.06. The number of aromatic amines is 1. The van der Waals surface area contributed by atoms with E-state index in [1.54, 1.807) is 0 Å². The van der Waals surface area contributed by atoms with Crippen molar-refractivity contribution in [3.63, 3.8) is 0 Å². The summed E-state index contributed by atoms with van der Waals surface area (Å²) in [6.45, 7) is 2.07. The van der Waals surface area contributed by atoms with Gasteiger partial charge < -0.3 is 15.6 Å². The third kappa shape index (κ3) is 4.40. The van der Waals surface area contributed by atoms with E-state index < -0.39 is 17.8 Å². The van der Waals surface area contributed by atoms with Crippen molar-refractivity contribution in [3.8, 4) is 11.3 Å². The minimum Gasteiger partial charge on any atom is -0.353 e. The van der Waals surface area contributed by atoms with Crippen LogP contribution in [0.25, 0.3) is 22.2 Å². The van der Waals surface area contributed by atoms with Crippen LogP contribution in [0.5, 0.6) is 0 Å². The Labute approximate surface area is 177 Å². The second kappa shape index (κ2) is 8.18. The van der Waals surface area contributed by atoms with Crippen molar-refractivity contribution in [1.29, 1.82) is 0 Å². The van der Waals surface area contributed by atoms with Gasteiger partial charge in [-0.1, -0.05) is 55.5 Å². The molecule has 0 aliphatic rings. The molecule has 3 aromatic carbocycles. The van der Waals surface area contributed by atoms with E-state index in [0.717, 1.165) is 40.7 Å². The van der Waals surface area contributed by atoms with E-state index >= 15 is 0 Å². The highest BCUT2D eigenvalue weighted by molar-refractivity contribution is 6.10. The summed E-state index contributed by atoms with van der Waals surface area (Å²) in [4.78, 5) is 16.0. The summed E-state index contributed by atoms with van der Waals surface area (Å²) in [7, 11) is 0. The first-order chi connectivity index (χ1) is 14.8. The lowest BCUT2D eigenvalue weighted by molar-refractivity contribution is -0.137. The second-order valence-electron chi connectivity index (χ2n) is 7.13. The average molecular weight is 423 g/mol. The molecule has 0 spiro atoms. The number of urea groups is 1. The van der Waals surface area contributed by atoms with E-state index in [-0.39, 0.29) is 5.69 Å². The molecule has 0 bridgehead atoms. The lowest BCUT2D eigenvalue weighted by Crippen LogP contribution is -2.20. The number of benzene rings is 3. The van der Waals surface area contributed by atoms with Crippen molar-refractivity contribution in [2.75, 3.05) is 10.6 Å². The molecular weight excluding hydrogens is 403 g/mol. The van der Waals surface area contributed by atoms with E-state index in [1.807, 2.05) is 48.5 Å². The summed E-state index contributed by atoms with van der Waals surface area (Å²) < 4.78 is 38.8. The van der Waals surface area contributed by atoms with Crippen LogP contribution in [0.1, 0.15) is 18.1 Å². The SMILES string of the molecule is CCc1ccc(-c2[nH]c3ccccc3c2NC(=O)Nc2cccc(C(F)(F)F)c2)cc1. The molecule has 158 valence electrons. The first kappa shape index (κ1) is 20.5. The van der Waals surface area contributed by atoms with Gasteiger partial charge in [0.25, 0.3) is 0 Å². The van der Waals surface area contributed by atoms with Gasteiger partial charge in [-0.25, -0.2) is 4.79 Å². The molecule has 0 atom stereocenters. The molecule has 2 amide bonds. The van der Waals surface area contributed by atoms with Crippen LogP contribution in [-0.2, 0) is 12.6 Å². The fourth-order valence-corrected chi connectivity index (χ4v) is 3.44. The minimum atomic E-state index is -4.48. The number of halogens is 3. The fraction of sp³-hybridized carbons (Fsp3) is 0.125. The summed E-state index contributed by atoms with van der Waals surface area (Å²) in [6, 6.07) is 19.4. The van der Waals surface area contributed by atoms with Crippen molar-refractivity contribution in [2.45, 2.75) is 19.5 Å². The molecule has 4 aromatic rings. The van der Waals surface area contributed by atoms with E-state index in [2.05, 4.69) is 22.5 Å². The third-order valence-electron chi connectivity index (χ3n) is 5.04. The highest BCUT2D eigenvalue weighted by Gasteiger charge is 2.30. The largest absolute Gasteiger partial charge is 0.416 e. The second-order valence-corrected chi connectivity index (χ2v) is 7.13. The van der Waals surface area contributed by atoms with Crippen LogP contribution in [0, 0.1) is 0 Å². The van der Waals surface area contributed by atoms with Crippen LogP contribution in [-0.4, -0.2) is 11.0 Å². The fourth-order valence-electron chi connectivity index (χ4n) is 3.44. The first-order valence-electron chi connectivity index (χ1n) is 9.80. The van der Waals surface area contributed by atoms with Crippen LogP contribution >= 0.6 is 0 Å². The molecule has 0 saturated heterocycles. The van der Waals surface area contributed by atoms with Gasteiger partial charge in [0.2, 0.25) is 0 Å². The number of alkyl halides is 3. The molecule has 0 saturated carbocycles. The van der Waals surface area contributed by atoms with Crippen molar-refractivity contribution >= 4 is 28.3 Å². The lowest BCUT2D eigenvalue weighted by Gasteiger charge is -2.12. The monoisotopic (exact) mass is 423 g/mol. The standard InChI is InChI=1S/C24H20F3N3O/c1-2-15-10-12-16(13-11-15)21-22(19-8-3-4-9-20(19)29-21)30-23(31)28-18-7-5-6-17(14-18)24(25,26)27/h3-14,29H,2H2,1H3,(H2,28,30,31). The summed E-state index contributed by atoms with van der Waals surface area (Å²) in [5.74, 6) is 0. The van der Waals surface area contributed by atoms with Crippen molar-refractivity contribution in [2.24, 2.45) is 0 Å². The third-order valence-corrected chi connectivity index (χ3v) is 5.04. The molecular formula is C24H20F3N3O. The molecule has 1 aromatic heterocycles. The Kier molecular flexibility index (Phi) is 5.42. The van der Waals surface area contributed by atoms with Crippen molar-refractivity contribution in [3.05, 3.63) is 83.9 Å². The van der Waals surface area contributed by atoms with Gasteiger partial charge >= 0.3 is 12.2 Å². The van der Waals surface area contributed by atoms with Crippen LogP contribution in [0.3, 0.4) is 0 Å². The smallest absolute Gasteiger partial charge is 0.353 e. The number of anilines is 2. The van der Waals surface area contributed by atoms with E-state index in [4.69, 9.17) is 0 Å². The summed E-state index contributed by atoms with van der Waals surface area (Å²) in [5.41, 5.74) is 3.44. The minimum absolute atomic E-state index is 0.0565. The number of nitrogens with one attached hydrogen (secondary N) is 3. The number of aryl methyl sites for hydroxylation is 1. The predicted molar refractivity (Wildman–Crippen MR) is 117 cm³/mol. The normalized spacial score (nSPS) is 11.5.